The number of benzene rings is 2. The van der Waals surface area contributed by atoms with Gasteiger partial charge >= 0.3 is 0 Å². The third kappa shape index (κ3) is 8.50. The number of rotatable bonds is 3. The Balaban J connectivity index is 0. The topological polar surface area (TPSA) is 0 Å². The Bertz CT molecular complexity index is 797. The normalized spacial score (nSPS) is 12.5. The van der Waals surface area contributed by atoms with Gasteiger partial charge in [-0.15, -0.1) is 0 Å². The average Bonchev–Trinajstić information content (AvgIpc) is 3.55. The second kappa shape index (κ2) is 18.6. The average molecular weight is 689 g/mol. The van der Waals surface area contributed by atoms with Crippen molar-refractivity contribution in [3.63, 3.8) is 0 Å². The van der Waals surface area contributed by atoms with E-state index in [9.17, 15) is 0 Å². The van der Waals surface area contributed by atoms with Crippen molar-refractivity contribution in [3.05, 3.63) is 81.9 Å². The maximum Gasteiger partial charge on any atom is 0 e. The second-order valence-electron chi connectivity index (χ2n) is 8.34. The zero-order valence-electron chi connectivity index (χ0n) is 23.9. The highest BCUT2D eigenvalue weighted by atomic mass is 128. The van der Waals surface area contributed by atoms with Crippen molar-refractivity contribution in [1.82, 2.24) is 0 Å². The maximum absolute atomic E-state index is 2.43. The van der Waals surface area contributed by atoms with Gasteiger partial charge in [-0.3, -0.25) is 0 Å². The van der Waals surface area contributed by atoms with E-state index in [1.807, 2.05) is 55.4 Å². The van der Waals surface area contributed by atoms with Gasteiger partial charge in [0, 0.05) is 37.2 Å². The van der Waals surface area contributed by atoms with E-state index in [0.29, 0.717) is 0 Å². The molecule has 0 bridgehead atoms. The summed E-state index contributed by atoms with van der Waals surface area (Å²) in [5, 5.41) is 0. The van der Waals surface area contributed by atoms with E-state index >= 15 is 0 Å². The minimum atomic E-state index is 0.125. The molecule has 0 atom stereocenters. The molecule has 192 valence electrons. The Morgan fingerprint density at radius 1 is 0.500 bits per heavy atom. The Kier molecular flexibility index (Phi) is 19.5. The highest BCUT2D eigenvalue weighted by Crippen LogP contribution is 2.54. The van der Waals surface area contributed by atoms with Crippen LogP contribution < -0.4 is 0 Å². The Morgan fingerprint density at radius 3 is 1.03 bits per heavy atom. The first-order valence-corrected chi connectivity index (χ1v) is 19.4. The van der Waals surface area contributed by atoms with E-state index in [1.54, 1.807) is 11.1 Å². The lowest BCUT2D eigenvalue weighted by Crippen LogP contribution is -2.36. The van der Waals surface area contributed by atoms with Gasteiger partial charge < -0.3 is 0 Å². The monoisotopic (exact) mass is 688 g/mol. The smallest absolute Gasteiger partial charge is 0 e. The van der Waals surface area contributed by atoms with E-state index in [0.717, 1.165) is 12.8 Å². The van der Waals surface area contributed by atoms with Crippen molar-refractivity contribution in [2.45, 2.75) is 95.9 Å². The molecule has 2 aromatic rings. The fraction of sp³-hybridized carbons (Fsp3) is 0.500. The molecule has 0 amide bonds. The third-order valence-corrected chi connectivity index (χ3v) is 6.70. The lowest BCUT2D eigenvalue weighted by molar-refractivity contribution is 0.196. The van der Waals surface area contributed by atoms with Crippen LogP contribution in [0.4, 0.5) is 0 Å². The fourth-order valence-corrected chi connectivity index (χ4v) is 4.17. The molecule has 0 aromatic heterocycles. The van der Waals surface area contributed by atoms with Crippen LogP contribution in [0.3, 0.4) is 0 Å². The zero-order valence-corrected chi connectivity index (χ0v) is 28.3. The minimum Gasteiger partial charge on any atom is -0.0683 e. The molecule has 0 heterocycles. The van der Waals surface area contributed by atoms with Crippen molar-refractivity contribution >= 4 is 49.4 Å². The summed E-state index contributed by atoms with van der Waals surface area (Å²) in [6.07, 6.45) is 7.04. The second-order valence-corrected chi connectivity index (χ2v) is 8.34. The molecule has 2 heteroatoms. The summed E-state index contributed by atoms with van der Waals surface area (Å²) in [6.45, 7) is 25.7. The fourth-order valence-electron chi connectivity index (χ4n) is 4.17. The predicted octanol–water partition coefficient (Wildman–Crippen LogP) is 12.2. The quantitative estimate of drug-likeness (QED) is 0.282. The molecule has 0 nitrogen and oxygen atoms in total. The molecule has 4 rings (SSSR count). The van der Waals surface area contributed by atoms with Crippen molar-refractivity contribution in [2.24, 2.45) is 10.8 Å². The van der Waals surface area contributed by atoms with Crippen LogP contribution in [0, 0.1) is 10.8 Å². The van der Waals surface area contributed by atoms with Gasteiger partial charge in [-0.25, -0.2) is 0 Å². The number of hydrogen-bond donors (Lipinski definition) is 0. The van der Waals surface area contributed by atoms with Crippen molar-refractivity contribution < 1.29 is 0 Å². The standard InChI is InChI=1S/C24H26.4C2H6.I2/c1-23(2,21-13-17-9-5-6-10-18(17)14-21)24(3,4)22-15-19-11-7-8-12-20(19)16-22;5*1-2/h5-13,15H,14,16H2,1-4H3;4*1-2H3;. The molecule has 0 saturated carbocycles. The summed E-state index contributed by atoms with van der Waals surface area (Å²) < 4.78 is 0. The van der Waals surface area contributed by atoms with E-state index in [-0.39, 0.29) is 10.8 Å². The van der Waals surface area contributed by atoms with E-state index in [2.05, 4.69) is 126 Å². The third-order valence-electron chi connectivity index (χ3n) is 6.70. The van der Waals surface area contributed by atoms with Gasteiger partial charge in [0.05, 0.1) is 0 Å². The highest BCUT2D eigenvalue weighted by molar-refractivity contribution is 15.0. The first kappa shape index (κ1) is 35.5. The van der Waals surface area contributed by atoms with Gasteiger partial charge in [0.1, 0.15) is 0 Å². The van der Waals surface area contributed by atoms with E-state index in [1.165, 1.54) is 22.3 Å². The van der Waals surface area contributed by atoms with Gasteiger partial charge in [0.25, 0.3) is 0 Å². The molecule has 0 fully saturated rings. The van der Waals surface area contributed by atoms with Crippen LogP contribution >= 0.6 is 37.2 Å². The van der Waals surface area contributed by atoms with Crippen molar-refractivity contribution in [2.75, 3.05) is 0 Å². The summed E-state index contributed by atoms with van der Waals surface area (Å²) in [4.78, 5) is 0. The number of fused-ring (bicyclic) bond motifs is 2. The molecule has 2 aromatic carbocycles. The summed E-state index contributed by atoms with van der Waals surface area (Å²) in [6, 6.07) is 17.6. The summed E-state index contributed by atoms with van der Waals surface area (Å²) in [5.41, 5.74) is 9.12. The molecule has 0 saturated heterocycles. The van der Waals surface area contributed by atoms with Crippen molar-refractivity contribution in [3.8, 4) is 0 Å². The van der Waals surface area contributed by atoms with Crippen LogP contribution in [0.15, 0.2) is 59.7 Å². The molecule has 2 aliphatic rings. The summed E-state index contributed by atoms with van der Waals surface area (Å²) in [7, 11) is 0. The largest absolute Gasteiger partial charge is 0.0683 e. The molecular formula is C32H50I2. The Labute approximate surface area is 236 Å². The number of allylic oxidation sites excluding steroid dienone is 2. The molecule has 0 aliphatic heterocycles. The molecule has 0 unspecified atom stereocenters. The van der Waals surface area contributed by atoms with Crippen molar-refractivity contribution in [1.29, 1.82) is 0 Å². The molecule has 0 N–H and O–H groups in total. The van der Waals surface area contributed by atoms with Crippen LogP contribution in [-0.4, -0.2) is 0 Å². The summed E-state index contributed by atoms with van der Waals surface area (Å²) >= 11 is 4.24. The lowest BCUT2D eigenvalue weighted by atomic mass is 9.59. The maximum atomic E-state index is 2.43. The number of hydrogen-bond acceptors (Lipinski definition) is 0. The first-order chi connectivity index (χ1) is 16.4. The van der Waals surface area contributed by atoms with E-state index < -0.39 is 0 Å². The van der Waals surface area contributed by atoms with Crippen LogP contribution in [0.1, 0.15) is 105 Å². The van der Waals surface area contributed by atoms with Crippen LogP contribution in [0.5, 0.6) is 0 Å². The van der Waals surface area contributed by atoms with Crippen LogP contribution in [0.25, 0.3) is 12.2 Å². The first-order valence-electron chi connectivity index (χ1n) is 13.1. The Hall–Kier alpha value is -0.620. The van der Waals surface area contributed by atoms with Gasteiger partial charge in [-0.05, 0) is 45.9 Å². The zero-order chi connectivity index (χ0) is 26.9. The molecule has 2 aliphatic carbocycles. The molecule has 0 radical (unpaired) electrons. The van der Waals surface area contributed by atoms with Gasteiger partial charge in [-0.2, -0.15) is 0 Å². The van der Waals surface area contributed by atoms with Crippen LogP contribution in [0.2, 0.25) is 0 Å². The Morgan fingerprint density at radius 2 is 0.765 bits per heavy atom. The van der Waals surface area contributed by atoms with Gasteiger partial charge in [-0.1, -0.05) is 155 Å². The minimum absolute atomic E-state index is 0.125. The molecule has 0 spiro atoms. The van der Waals surface area contributed by atoms with Crippen LogP contribution in [-0.2, 0) is 12.8 Å². The predicted molar refractivity (Wildman–Crippen MR) is 177 cm³/mol. The molecule has 34 heavy (non-hydrogen) atoms. The van der Waals surface area contributed by atoms with Gasteiger partial charge in [0.15, 0.2) is 0 Å². The highest BCUT2D eigenvalue weighted by Gasteiger charge is 2.44. The van der Waals surface area contributed by atoms with Gasteiger partial charge in [0.2, 0.25) is 0 Å². The summed E-state index contributed by atoms with van der Waals surface area (Å²) in [5.74, 6) is 0. The number of halogens is 2. The lowest BCUT2D eigenvalue weighted by Gasteiger charge is -2.44. The molecular weight excluding hydrogens is 638 g/mol. The SMILES string of the molecule is CC.CC.CC.CC.CC(C)(C1=Cc2ccccc2C1)C(C)(C)C1=Cc2ccccc2C1.II. The van der Waals surface area contributed by atoms with E-state index in [4.69, 9.17) is 0 Å².